The number of nitrogens with one attached hydrogen (secondary N) is 1. The SMILES string of the molecule is CC[C@@H](C)NC(=O)[C@H](Cc1ccccc1)N(Cc1cccc(C)c1)C(=O)CCCN(c1ccc(F)c(F)c1)S(C)(=O)=O. The second kappa shape index (κ2) is 14.9. The first-order valence-electron chi connectivity index (χ1n) is 14.0. The highest BCUT2D eigenvalue weighted by Crippen LogP contribution is 2.22. The third-order valence-electron chi connectivity index (χ3n) is 7.05. The Morgan fingerprint density at radius 2 is 1.62 bits per heavy atom. The van der Waals surface area contributed by atoms with Crippen LogP contribution in [0.3, 0.4) is 0 Å². The average Bonchev–Trinajstić information content (AvgIpc) is 2.94. The predicted molar refractivity (Wildman–Crippen MR) is 161 cm³/mol. The average molecular weight is 600 g/mol. The van der Waals surface area contributed by atoms with Gasteiger partial charge < -0.3 is 10.2 Å². The maximum Gasteiger partial charge on any atom is 0.243 e. The summed E-state index contributed by atoms with van der Waals surface area (Å²) < 4.78 is 53.3. The van der Waals surface area contributed by atoms with E-state index in [4.69, 9.17) is 0 Å². The van der Waals surface area contributed by atoms with Crippen molar-refractivity contribution in [1.82, 2.24) is 10.2 Å². The maximum atomic E-state index is 13.9. The molecule has 1 N–H and O–H groups in total. The zero-order valence-electron chi connectivity index (χ0n) is 24.5. The molecule has 3 aromatic carbocycles. The summed E-state index contributed by atoms with van der Waals surface area (Å²) in [7, 11) is -3.85. The van der Waals surface area contributed by atoms with Crippen LogP contribution in [0.25, 0.3) is 0 Å². The molecule has 0 radical (unpaired) electrons. The molecule has 0 aliphatic carbocycles. The summed E-state index contributed by atoms with van der Waals surface area (Å²) in [4.78, 5) is 29.0. The van der Waals surface area contributed by atoms with Gasteiger partial charge in [-0.1, -0.05) is 67.1 Å². The van der Waals surface area contributed by atoms with Gasteiger partial charge in [-0.2, -0.15) is 0 Å². The van der Waals surface area contributed by atoms with Crippen molar-refractivity contribution in [1.29, 1.82) is 0 Å². The first-order chi connectivity index (χ1) is 19.9. The number of hydrogen-bond donors (Lipinski definition) is 1. The molecule has 42 heavy (non-hydrogen) atoms. The van der Waals surface area contributed by atoms with Gasteiger partial charge in [0.1, 0.15) is 6.04 Å². The lowest BCUT2D eigenvalue weighted by Gasteiger charge is -2.33. The Labute approximate surface area is 247 Å². The van der Waals surface area contributed by atoms with E-state index in [2.05, 4.69) is 5.32 Å². The number of hydrogen-bond acceptors (Lipinski definition) is 4. The monoisotopic (exact) mass is 599 g/mol. The fourth-order valence-corrected chi connectivity index (χ4v) is 5.60. The van der Waals surface area contributed by atoms with Crippen LogP contribution >= 0.6 is 0 Å². The van der Waals surface area contributed by atoms with Gasteiger partial charge in [-0.3, -0.25) is 13.9 Å². The van der Waals surface area contributed by atoms with Crippen molar-refractivity contribution in [2.75, 3.05) is 17.1 Å². The quantitative estimate of drug-likeness (QED) is 0.270. The molecular weight excluding hydrogens is 560 g/mol. The number of carbonyl (C=O) groups is 2. The van der Waals surface area contributed by atoms with Crippen LogP contribution in [-0.4, -0.2) is 50.0 Å². The second-order valence-electron chi connectivity index (χ2n) is 10.6. The molecule has 0 saturated heterocycles. The number of benzene rings is 3. The van der Waals surface area contributed by atoms with Crippen LogP contribution in [0.15, 0.2) is 72.8 Å². The van der Waals surface area contributed by atoms with E-state index in [9.17, 15) is 26.8 Å². The van der Waals surface area contributed by atoms with E-state index in [0.717, 1.165) is 45.8 Å². The van der Waals surface area contributed by atoms with Crippen molar-refractivity contribution < 1.29 is 26.8 Å². The molecule has 0 aliphatic rings. The summed E-state index contributed by atoms with van der Waals surface area (Å²) >= 11 is 0. The van der Waals surface area contributed by atoms with Crippen LogP contribution in [0, 0.1) is 18.6 Å². The molecule has 0 heterocycles. The van der Waals surface area contributed by atoms with Crippen LogP contribution in [0.1, 0.15) is 49.8 Å². The molecule has 0 spiro atoms. The largest absolute Gasteiger partial charge is 0.352 e. The topological polar surface area (TPSA) is 86.8 Å². The molecule has 3 aromatic rings. The molecule has 0 bridgehead atoms. The first-order valence-corrected chi connectivity index (χ1v) is 15.9. The highest BCUT2D eigenvalue weighted by molar-refractivity contribution is 7.92. The van der Waals surface area contributed by atoms with Gasteiger partial charge in [0.05, 0.1) is 11.9 Å². The van der Waals surface area contributed by atoms with Crippen LogP contribution in [-0.2, 0) is 32.6 Å². The maximum absolute atomic E-state index is 13.9. The van der Waals surface area contributed by atoms with Crippen molar-refractivity contribution in [2.24, 2.45) is 0 Å². The summed E-state index contributed by atoms with van der Waals surface area (Å²) in [6.45, 7) is 5.88. The molecule has 10 heteroatoms. The van der Waals surface area contributed by atoms with E-state index in [1.807, 2.05) is 75.4 Å². The molecule has 2 amide bonds. The van der Waals surface area contributed by atoms with Gasteiger partial charge in [-0.15, -0.1) is 0 Å². The summed E-state index contributed by atoms with van der Waals surface area (Å²) in [5.41, 5.74) is 2.73. The Hall–Kier alpha value is -3.79. The zero-order valence-corrected chi connectivity index (χ0v) is 25.3. The van der Waals surface area contributed by atoms with E-state index in [1.54, 1.807) is 4.90 Å². The third-order valence-corrected chi connectivity index (χ3v) is 8.24. The third kappa shape index (κ3) is 9.37. The van der Waals surface area contributed by atoms with Crippen molar-refractivity contribution >= 4 is 27.5 Å². The second-order valence-corrected chi connectivity index (χ2v) is 12.5. The van der Waals surface area contributed by atoms with E-state index in [0.29, 0.717) is 6.42 Å². The number of nitrogens with zero attached hydrogens (tertiary/aromatic N) is 2. The van der Waals surface area contributed by atoms with Crippen LogP contribution < -0.4 is 9.62 Å². The predicted octanol–water partition coefficient (Wildman–Crippen LogP) is 5.37. The van der Waals surface area contributed by atoms with Gasteiger partial charge in [-0.25, -0.2) is 17.2 Å². The van der Waals surface area contributed by atoms with E-state index < -0.39 is 27.7 Å². The Balaban J connectivity index is 1.90. The van der Waals surface area contributed by atoms with Crippen molar-refractivity contribution in [3.63, 3.8) is 0 Å². The van der Waals surface area contributed by atoms with Crippen LogP contribution in [0.5, 0.6) is 0 Å². The lowest BCUT2D eigenvalue weighted by molar-refractivity contribution is -0.141. The van der Waals surface area contributed by atoms with E-state index in [1.165, 1.54) is 6.07 Å². The van der Waals surface area contributed by atoms with Gasteiger partial charge >= 0.3 is 0 Å². The molecule has 226 valence electrons. The summed E-state index contributed by atoms with van der Waals surface area (Å²) in [6, 6.07) is 19.1. The molecule has 3 rings (SSSR count). The van der Waals surface area contributed by atoms with Gasteiger partial charge in [0.25, 0.3) is 0 Å². The Kier molecular flexibility index (Phi) is 11.6. The fourth-order valence-electron chi connectivity index (χ4n) is 4.65. The number of halogens is 2. The standard InChI is InChI=1S/C32H39F2N3O4S/c1-5-24(3)35-32(39)30(20-25-12-7-6-8-13-25)36(22-26-14-9-11-23(2)19-26)31(38)15-10-18-37(42(4,40)41)27-16-17-28(33)29(34)21-27/h6-9,11-14,16-17,19,21,24,30H,5,10,15,18,20,22H2,1-4H3,(H,35,39)/t24-,30+/m1/s1. The fraction of sp³-hybridized carbons (Fsp3) is 0.375. The minimum absolute atomic E-state index is 0.0321. The lowest BCUT2D eigenvalue weighted by atomic mass is 10.0. The van der Waals surface area contributed by atoms with Crippen molar-refractivity contribution in [3.05, 3.63) is 101 Å². The molecule has 0 fully saturated rings. The smallest absolute Gasteiger partial charge is 0.243 e. The number of aryl methyl sites for hydroxylation is 1. The summed E-state index contributed by atoms with van der Waals surface area (Å²) in [5, 5.41) is 3.02. The lowest BCUT2D eigenvalue weighted by Crippen LogP contribution is -2.52. The van der Waals surface area contributed by atoms with E-state index in [-0.39, 0.29) is 49.5 Å². The molecule has 2 atom stereocenters. The van der Waals surface area contributed by atoms with E-state index >= 15 is 0 Å². The summed E-state index contributed by atoms with van der Waals surface area (Å²) in [5.74, 6) is -2.85. The number of carbonyl (C=O) groups excluding carboxylic acids is 2. The Bertz CT molecular complexity index is 1470. The van der Waals surface area contributed by atoms with Gasteiger partial charge in [0, 0.05) is 38.0 Å². The molecule has 0 unspecified atom stereocenters. The Morgan fingerprint density at radius 3 is 2.24 bits per heavy atom. The highest BCUT2D eigenvalue weighted by atomic mass is 32.2. The zero-order chi connectivity index (χ0) is 30.9. The molecule has 0 aliphatic heterocycles. The number of sulfonamides is 1. The first kappa shape index (κ1) is 32.7. The van der Waals surface area contributed by atoms with Crippen LogP contribution in [0.4, 0.5) is 14.5 Å². The molecule has 0 saturated carbocycles. The number of rotatable bonds is 14. The number of amides is 2. The molecule has 7 nitrogen and oxygen atoms in total. The molecule has 0 aromatic heterocycles. The van der Waals surface area contributed by atoms with Crippen molar-refractivity contribution in [2.45, 2.75) is 65.1 Å². The number of anilines is 1. The van der Waals surface area contributed by atoms with Gasteiger partial charge in [-0.05, 0) is 49.9 Å². The van der Waals surface area contributed by atoms with Crippen LogP contribution in [0.2, 0.25) is 0 Å². The minimum atomic E-state index is -3.85. The van der Waals surface area contributed by atoms with Crippen molar-refractivity contribution in [3.8, 4) is 0 Å². The Morgan fingerprint density at radius 1 is 0.929 bits per heavy atom. The van der Waals surface area contributed by atoms with Gasteiger partial charge in [0.2, 0.25) is 21.8 Å². The minimum Gasteiger partial charge on any atom is -0.352 e. The van der Waals surface area contributed by atoms with Gasteiger partial charge in [0.15, 0.2) is 11.6 Å². The highest BCUT2D eigenvalue weighted by Gasteiger charge is 2.31. The summed E-state index contributed by atoms with van der Waals surface area (Å²) in [6.07, 6.45) is 2.02. The molecular formula is C32H39F2N3O4S. The normalized spacial score (nSPS) is 12.8.